The highest BCUT2D eigenvalue weighted by Crippen LogP contribution is 2.34. The van der Waals surface area contributed by atoms with E-state index in [4.69, 9.17) is 0 Å². The van der Waals surface area contributed by atoms with Gasteiger partial charge in [-0.15, -0.1) is 27.8 Å². The normalized spacial score (nSPS) is 11.0. The Morgan fingerprint density at radius 1 is 0.902 bits per heavy atom. The first-order chi connectivity index (χ1) is 19.8. The molecule has 0 bridgehead atoms. The summed E-state index contributed by atoms with van der Waals surface area (Å²) in [6.45, 7) is -0.185. The number of hydrogen-bond acceptors (Lipinski definition) is 11. The van der Waals surface area contributed by atoms with Crippen molar-refractivity contribution < 1.29 is 14.6 Å². The number of rotatable bonds is 8. The van der Waals surface area contributed by atoms with Gasteiger partial charge in [-0.3, -0.25) is 25.0 Å². The first-order valence-electron chi connectivity index (χ1n) is 11.9. The lowest BCUT2D eigenvalue weighted by Gasteiger charge is -2.07. The molecule has 41 heavy (non-hydrogen) atoms. The van der Waals surface area contributed by atoms with Crippen LogP contribution in [0.4, 0.5) is 17.1 Å². The van der Waals surface area contributed by atoms with Gasteiger partial charge in [0.25, 0.3) is 11.4 Å². The standard InChI is InChI=1S/C26H16N8O5S2/c35-24(14-32-13-22(30-31-32)17-9-19(33(36)37)12-20(10-17)34(38)39)28-18-4-1-15(2-5-18)16-3-6-21-23(11-16)41-26(29-21)25-27-7-8-40-25/h1-13H,14H2,(H,28,35). The minimum atomic E-state index is -0.725. The lowest BCUT2D eigenvalue weighted by molar-refractivity contribution is -0.394. The molecule has 0 radical (unpaired) electrons. The van der Waals surface area contributed by atoms with Gasteiger partial charge in [-0.25, -0.2) is 14.6 Å². The van der Waals surface area contributed by atoms with Crippen molar-refractivity contribution in [2.24, 2.45) is 0 Å². The van der Waals surface area contributed by atoms with Crippen molar-refractivity contribution >= 4 is 55.9 Å². The molecule has 1 N–H and O–H groups in total. The number of carbonyl (C=O) groups excluding carboxylic acids is 1. The van der Waals surface area contributed by atoms with E-state index in [1.807, 2.05) is 29.6 Å². The number of nitro benzene ring substituents is 2. The third kappa shape index (κ3) is 5.52. The molecular weight excluding hydrogens is 568 g/mol. The monoisotopic (exact) mass is 584 g/mol. The van der Waals surface area contributed by atoms with Gasteiger partial charge in [0.1, 0.15) is 12.2 Å². The van der Waals surface area contributed by atoms with Gasteiger partial charge in [0.05, 0.1) is 32.3 Å². The smallest absolute Gasteiger partial charge is 0.276 e. The highest BCUT2D eigenvalue weighted by atomic mass is 32.1. The summed E-state index contributed by atoms with van der Waals surface area (Å²) in [5.41, 5.74) is 2.89. The molecule has 0 fully saturated rings. The zero-order valence-electron chi connectivity index (χ0n) is 20.7. The molecule has 3 aromatic carbocycles. The highest BCUT2D eigenvalue weighted by Gasteiger charge is 2.19. The predicted molar refractivity (Wildman–Crippen MR) is 154 cm³/mol. The van der Waals surface area contributed by atoms with E-state index in [1.54, 1.807) is 41.0 Å². The summed E-state index contributed by atoms with van der Waals surface area (Å²) in [6, 6.07) is 16.6. The average Bonchev–Trinajstić information content (AvgIpc) is 3.74. The first kappa shape index (κ1) is 25.8. The maximum Gasteiger partial charge on any atom is 0.276 e. The van der Waals surface area contributed by atoms with Gasteiger partial charge in [-0.1, -0.05) is 23.4 Å². The number of fused-ring (bicyclic) bond motifs is 1. The second-order valence-electron chi connectivity index (χ2n) is 8.72. The van der Waals surface area contributed by atoms with Crippen LogP contribution in [0.3, 0.4) is 0 Å². The summed E-state index contributed by atoms with van der Waals surface area (Å²) in [5, 5.41) is 36.6. The number of nitrogens with zero attached hydrogens (tertiary/aromatic N) is 7. The number of benzene rings is 3. The molecule has 3 heterocycles. The third-order valence-electron chi connectivity index (χ3n) is 5.97. The van der Waals surface area contributed by atoms with E-state index in [0.29, 0.717) is 5.69 Å². The zero-order chi connectivity index (χ0) is 28.5. The van der Waals surface area contributed by atoms with Crippen molar-refractivity contribution in [2.75, 3.05) is 5.32 Å². The van der Waals surface area contributed by atoms with E-state index in [-0.39, 0.29) is 23.7 Å². The van der Waals surface area contributed by atoms with Crippen molar-refractivity contribution in [3.05, 3.63) is 98.7 Å². The Labute approximate surface area is 238 Å². The van der Waals surface area contributed by atoms with Crippen molar-refractivity contribution in [3.63, 3.8) is 0 Å². The molecule has 6 aromatic rings. The van der Waals surface area contributed by atoms with Crippen LogP contribution >= 0.6 is 22.7 Å². The van der Waals surface area contributed by atoms with E-state index in [2.05, 4.69) is 31.7 Å². The van der Waals surface area contributed by atoms with Crippen LogP contribution in [-0.4, -0.2) is 40.7 Å². The third-order valence-corrected chi connectivity index (χ3v) is 7.90. The molecule has 0 saturated carbocycles. The molecule has 0 aliphatic rings. The number of nitrogens with one attached hydrogen (secondary N) is 1. The molecule has 202 valence electrons. The van der Waals surface area contributed by atoms with Crippen molar-refractivity contribution in [1.29, 1.82) is 0 Å². The van der Waals surface area contributed by atoms with Gasteiger partial charge < -0.3 is 5.32 Å². The van der Waals surface area contributed by atoms with Crippen LogP contribution in [0, 0.1) is 20.2 Å². The summed E-state index contributed by atoms with van der Waals surface area (Å²) in [6.07, 6.45) is 3.15. The quantitative estimate of drug-likeness (QED) is 0.171. The number of carbonyl (C=O) groups is 1. The second kappa shape index (κ2) is 10.6. The first-order valence-corrected chi connectivity index (χ1v) is 13.6. The van der Waals surface area contributed by atoms with Gasteiger partial charge in [0.2, 0.25) is 5.91 Å². The predicted octanol–water partition coefficient (Wildman–Crippen LogP) is 5.80. The van der Waals surface area contributed by atoms with Crippen molar-refractivity contribution in [3.8, 4) is 32.4 Å². The topological polar surface area (TPSA) is 172 Å². The number of anilines is 1. The van der Waals surface area contributed by atoms with Crippen molar-refractivity contribution in [2.45, 2.75) is 6.54 Å². The molecule has 1 amide bonds. The van der Waals surface area contributed by atoms with E-state index in [9.17, 15) is 25.0 Å². The van der Waals surface area contributed by atoms with Crippen molar-refractivity contribution in [1.82, 2.24) is 25.0 Å². The number of thiazole rings is 2. The maximum absolute atomic E-state index is 12.6. The summed E-state index contributed by atoms with van der Waals surface area (Å²) >= 11 is 3.14. The van der Waals surface area contributed by atoms with Gasteiger partial charge in [0, 0.05) is 35.0 Å². The lowest BCUT2D eigenvalue weighted by Crippen LogP contribution is -2.19. The molecule has 0 aliphatic heterocycles. The van der Waals surface area contributed by atoms with E-state index >= 15 is 0 Å². The lowest BCUT2D eigenvalue weighted by atomic mass is 10.1. The fourth-order valence-electron chi connectivity index (χ4n) is 4.08. The number of amides is 1. The second-order valence-corrected chi connectivity index (χ2v) is 10.6. The molecule has 0 aliphatic carbocycles. The van der Waals surface area contributed by atoms with E-state index in [1.165, 1.54) is 10.9 Å². The van der Waals surface area contributed by atoms with Gasteiger partial charge in [-0.2, -0.15) is 0 Å². The Balaban J connectivity index is 1.13. The van der Waals surface area contributed by atoms with Crippen LogP contribution in [0.1, 0.15) is 0 Å². The van der Waals surface area contributed by atoms with Gasteiger partial charge in [0.15, 0.2) is 10.0 Å². The molecule has 0 atom stereocenters. The number of hydrogen-bond donors (Lipinski definition) is 1. The largest absolute Gasteiger partial charge is 0.324 e. The molecule has 0 unspecified atom stereocenters. The molecule has 0 saturated heterocycles. The number of aromatic nitrogens is 5. The summed E-state index contributed by atoms with van der Waals surface area (Å²) < 4.78 is 2.30. The molecule has 6 rings (SSSR count). The molecular formula is C26H16N8O5S2. The van der Waals surface area contributed by atoms with Crippen LogP contribution < -0.4 is 5.32 Å². The molecule has 3 aromatic heterocycles. The summed E-state index contributed by atoms with van der Waals surface area (Å²) in [4.78, 5) is 42.5. The fraction of sp³-hybridized carbons (Fsp3) is 0.0385. The zero-order valence-corrected chi connectivity index (χ0v) is 22.3. The number of non-ortho nitro benzene ring substituents is 2. The van der Waals surface area contributed by atoms with Crippen LogP contribution in [-0.2, 0) is 11.3 Å². The maximum atomic E-state index is 12.6. The fourth-order valence-corrected chi connectivity index (χ4v) is 5.76. The van der Waals surface area contributed by atoms with Crippen LogP contribution in [0.25, 0.3) is 42.6 Å². The van der Waals surface area contributed by atoms with E-state index in [0.717, 1.165) is 49.6 Å². The van der Waals surface area contributed by atoms with Crippen LogP contribution in [0.5, 0.6) is 0 Å². The Bertz CT molecular complexity index is 1900. The van der Waals surface area contributed by atoms with Crippen LogP contribution in [0.2, 0.25) is 0 Å². The Morgan fingerprint density at radius 2 is 1.63 bits per heavy atom. The van der Waals surface area contributed by atoms with Gasteiger partial charge in [-0.05, 0) is 35.4 Å². The minimum absolute atomic E-state index is 0.143. The number of nitro groups is 2. The Kier molecular flexibility index (Phi) is 6.70. The Morgan fingerprint density at radius 3 is 2.32 bits per heavy atom. The Hall–Kier alpha value is -5.41. The summed E-state index contributed by atoms with van der Waals surface area (Å²) in [7, 11) is 0. The average molecular weight is 585 g/mol. The SMILES string of the molecule is O=C(Cn1cc(-c2cc([N+](=O)[O-])cc([N+](=O)[O-])c2)nn1)Nc1ccc(-c2ccc3nc(-c4nccs4)sc3c2)cc1. The highest BCUT2D eigenvalue weighted by molar-refractivity contribution is 7.25. The molecule has 13 nitrogen and oxygen atoms in total. The van der Waals surface area contributed by atoms with E-state index < -0.39 is 21.2 Å². The van der Waals surface area contributed by atoms with Gasteiger partial charge >= 0.3 is 0 Å². The van der Waals surface area contributed by atoms with Crippen LogP contribution in [0.15, 0.2) is 78.4 Å². The molecule has 0 spiro atoms. The molecule has 15 heteroatoms. The summed E-state index contributed by atoms with van der Waals surface area (Å²) in [5.74, 6) is -0.375. The minimum Gasteiger partial charge on any atom is -0.324 e.